The van der Waals surface area contributed by atoms with E-state index in [1.165, 1.54) is 6.92 Å². The summed E-state index contributed by atoms with van der Waals surface area (Å²) < 4.78 is 0. The Labute approximate surface area is 189 Å². The molecule has 0 aromatic rings. The highest BCUT2D eigenvalue weighted by molar-refractivity contribution is 5.94. The summed E-state index contributed by atoms with van der Waals surface area (Å²) in [5.41, 5.74) is 5.37. The number of rotatable bonds is 14. The average Bonchev–Trinajstić information content (AvgIpc) is 2.70. The summed E-state index contributed by atoms with van der Waals surface area (Å²) in [5.74, 6) is -7.00. The molecule has 10 N–H and O–H groups in total. The van der Waals surface area contributed by atoms with Crippen LogP contribution in [-0.2, 0) is 28.8 Å². The molecule has 0 spiro atoms. The van der Waals surface area contributed by atoms with Gasteiger partial charge in [-0.3, -0.25) is 24.0 Å². The van der Waals surface area contributed by atoms with Crippen LogP contribution in [0.4, 0.5) is 0 Å². The number of nitrogens with two attached hydrogens (primary N) is 1. The predicted molar refractivity (Wildman–Crippen MR) is 110 cm³/mol. The summed E-state index contributed by atoms with van der Waals surface area (Å²) in [6.07, 6.45) is -2.10. The summed E-state index contributed by atoms with van der Waals surface area (Å²) in [5, 5.41) is 45.1. The van der Waals surface area contributed by atoms with Gasteiger partial charge in [-0.05, 0) is 12.8 Å². The van der Waals surface area contributed by atoms with E-state index in [-0.39, 0.29) is 0 Å². The lowest BCUT2D eigenvalue weighted by Crippen LogP contribution is -2.58. The normalized spacial score (nSPS) is 15.4. The molecule has 188 valence electrons. The van der Waals surface area contributed by atoms with Crippen LogP contribution in [-0.4, -0.2) is 99.4 Å². The van der Waals surface area contributed by atoms with Crippen molar-refractivity contribution in [2.24, 2.45) is 11.7 Å². The highest BCUT2D eigenvalue weighted by Gasteiger charge is 2.31. The zero-order chi connectivity index (χ0) is 25.9. The maximum Gasteiger partial charge on any atom is 0.328 e. The number of aliphatic hydroxyl groups excluding tert-OH is 2. The molecule has 15 nitrogen and oxygen atoms in total. The molecule has 0 radical (unpaired) electrons. The van der Waals surface area contributed by atoms with Crippen LogP contribution in [0.25, 0.3) is 0 Å². The highest BCUT2D eigenvalue weighted by Crippen LogP contribution is 2.04. The molecule has 0 bridgehead atoms. The highest BCUT2D eigenvalue weighted by atomic mass is 16.4. The van der Waals surface area contributed by atoms with E-state index in [9.17, 15) is 39.0 Å². The summed E-state index contributed by atoms with van der Waals surface area (Å²) in [6.45, 7) is 2.77. The monoisotopic (exact) mass is 477 g/mol. The second-order valence-corrected chi connectivity index (χ2v) is 7.52. The first-order chi connectivity index (χ1) is 15.2. The van der Waals surface area contributed by atoms with Gasteiger partial charge in [0.2, 0.25) is 23.6 Å². The number of carboxylic acids is 2. The number of amides is 4. The van der Waals surface area contributed by atoms with Gasteiger partial charge in [0.05, 0.1) is 31.7 Å². The van der Waals surface area contributed by atoms with E-state index in [1.54, 1.807) is 13.8 Å². The van der Waals surface area contributed by atoms with Gasteiger partial charge in [0.1, 0.15) is 12.1 Å². The lowest BCUT2D eigenvalue weighted by atomic mass is 10.0. The number of carbonyl (C=O) groups excluding carboxylic acids is 4. The van der Waals surface area contributed by atoms with E-state index in [0.717, 1.165) is 0 Å². The first-order valence-corrected chi connectivity index (χ1v) is 9.88. The van der Waals surface area contributed by atoms with E-state index >= 15 is 0 Å². The van der Waals surface area contributed by atoms with Gasteiger partial charge in [-0.1, -0.05) is 13.8 Å². The molecule has 0 aromatic heterocycles. The number of nitrogens with one attached hydrogen (secondary N) is 4. The van der Waals surface area contributed by atoms with E-state index in [4.69, 9.17) is 15.9 Å². The Morgan fingerprint density at radius 1 is 0.848 bits per heavy atom. The third kappa shape index (κ3) is 10.7. The third-order valence-corrected chi connectivity index (χ3v) is 4.28. The quantitative estimate of drug-likeness (QED) is 0.115. The molecule has 0 rings (SSSR count). The number of carboxylic acid groups (broad SMARTS) is 2. The fourth-order valence-corrected chi connectivity index (χ4v) is 2.44. The van der Waals surface area contributed by atoms with Gasteiger partial charge >= 0.3 is 11.9 Å². The molecule has 33 heavy (non-hydrogen) atoms. The molecular formula is C18H31N5O10. The van der Waals surface area contributed by atoms with Gasteiger partial charge < -0.3 is 47.4 Å². The summed E-state index contributed by atoms with van der Waals surface area (Å²) in [4.78, 5) is 70.2. The second-order valence-electron chi connectivity index (χ2n) is 7.52. The van der Waals surface area contributed by atoms with Crippen molar-refractivity contribution in [3.63, 3.8) is 0 Å². The minimum atomic E-state index is -1.60. The topological polar surface area (TPSA) is 257 Å². The van der Waals surface area contributed by atoms with Crippen LogP contribution in [0, 0.1) is 5.92 Å². The lowest BCUT2D eigenvalue weighted by molar-refractivity contribution is -0.145. The van der Waals surface area contributed by atoms with Gasteiger partial charge in [0, 0.05) is 0 Å². The number of aliphatic hydroxyl groups is 2. The third-order valence-electron chi connectivity index (χ3n) is 4.28. The zero-order valence-corrected chi connectivity index (χ0v) is 18.4. The number of aliphatic carboxylic acids is 2. The second kappa shape index (κ2) is 14.0. The molecule has 15 heteroatoms. The molecule has 5 atom stereocenters. The van der Waals surface area contributed by atoms with E-state index in [2.05, 4.69) is 21.3 Å². The van der Waals surface area contributed by atoms with Gasteiger partial charge in [-0.15, -0.1) is 0 Å². The van der Waals surface area contributed by atoms with Gasteiger partial charge in [0.15, 0.2) is 6.04 Å². The molecule has 0 aromatic carbocycles. The van der Waals surface area contributed by atoms with Crippen LogP contribution in [0.5, 0.6) is 0 Å². The first kappa shape index (κ1) is 29.7. The summed E-state index contributed by atoms with van der Waals surface area (Å²) in [6, 6.07) is -5.78. The van der Waals surface area contributed by atoms with Gasteiger partial charge in [-0.2, -0.15) is 0 Å². The van der Waals surface area contributed by atoms with Crippen LogP contribution in [0.3, 0.4) is 0 Å². The molecule has 0 aliphatic carbocycles. The van der Waals surface area contributed by atoms with E-state index < -0.39 is 91.3 Å². The van der Waals surface area contributed by atoms with Crippen molar-refractivity contribution in [1.29, 1.82) is 0 Å². The van der Waals surface area contributed by atoms with E-state index in [0.29, 0.717) is 0 Å². The number of hydrogen-bond donors (Lipinski definition) is 9. The standard InChI is InChI=1S/C18H31N5O10/c1-7(2)13(17(31)23-14(8(3)25)18(32)33)22-11(26)5-20-16(30)10(6-24)21-15(29)9(19)4-12(27)28/h7-10,13-14,24-25H,4-6,19H2,1-3H3,(H,20,30)(H,21,29)(H,22,26)(H,23,31)(H,27,28)(H,32,33)/t8-,9+,10+,13+,14+/m1/s1. The minimum Gasteiger partial charge on any atom is -0.481 e. The summed E-state index contributed by atoms with van der Waals surface area (Å²) >= 11 is 0. The van der Waals surface area contributed by atoms with Crippen molar-refractivity contribution < 1.29 is 49.2 Å². The molecule has 0 heterocycles. The Kier molecular flexibility index (Phi) is 12.6. The number of carbonyl (C=O) groups is 6. The molecule has 0 saturated carbocycles. The SMILES string of the molecule is CC(C)[C@H](NC(=O)CNC(=O)[C@H](CO)NC(=O)[C@@H](N)CC(=O)O)C(=O)N[C@H](C(=O)O)[C@@H](C)O. The molecule has 0 fully saturated rings. The van der Waals surface area contributed by atoms with Crippen molar-refractivity contribution in [3.8, 4) is 0 Å². The van der Waals surface area contributed by atoms with Crippen molar-refractivity contribution in [3.05, 3.63) is 0 Å². The largest absolute Gasteiger partial charge is 0.481 e. The van der Waals surface area contributed by atoms with Crippen molar-refractivity contribution >= 4 is 35.6 Å². The van der Waals surface area contributed by atoms with Crippen molar-refractivity contribution in [2.45, 2.75) is 57.5 Å². The smallest absolute Gasteiger partial charge is 0.328 e. The minimum absolute atomic E-state index is 0.492. The Balaban J connectivity index is 4.93. The van der Waals surface area contributed by atoms with Crippen LogP contribution in [0.15, 0.2) is 0 Å². The summed E-state index contributed by atoms with van der Waals surface area (Å²) in [7, 11) is 0. The molecular weight excluding hydrogens is 446 g/mol. The average molecular weight is 477 g/mol. The zero-order valence-electron chi connectivity index (χ0n) is 18.4. The Hall–Kier alpha value is -3.30. The van der Waals surface area contributed by atoms with Crippen molar-refractivity contribution in [1.82, 2.24) is 21.3 Å². The lowest BCUT2D eigenvalue weighted by Gasteiger charge is -2.25. The Bertz CT molecular complexity index is 742. The van der Waals surface area contributed by atoms with Crippen molar-refractivity contribution in [2.75, 3.05) is 13.2 Å². The maximum atomic E-state index is 12.4. The van der Waals surface area contributed by atoms with E-state index in [1.807, 2.05) is 0 Å². The Morgan fingerprint density at radius 3 is 1.85 bits per heavy atom. The fraction of sp³-hybridized carbons (Fsp3) is 0.667. The van der Waals surface area contributed by atoms with Crippen LogP contribution < -0.4 is 27.0 Å². The van der Waals surface area contributed by atoms with Crippen LogP contribution >= 0.6 is 0 Å². The number of hydrogen-bond acceptors (Lipinski definition) is 9. The van der Waals surface area contributed by atoms with Gasteiger partial charge in [-0.25, -0.2) is 4.79 Å². The maximum absolute atomic E-state index is 12.4. The first-order valence-electron chi connectivity index (χ1n) is 9.88. The molecule has 0 unspecified atom stereocenters. The fourth-order valence-electron chi connectivity index (χ4n) is 2.44. The van der Waals surface area contributed by atoms with Gasteiger partial charge in [0.25, 0.3) is 0 Å². The molecule has 0 saturated heterocycles. The van der Waals surface area contributed by atoms with Crippen LogP contribution in [0.1, 0.15) is 27.2 Å². The Morgan fingerprint density at radius 2 is 1.42 bits per heavy atom. The molecule has 0 aliphatic rings. The molecule has 4 amide bonds. The molecule has 0 aliphatic heterocycles. The van der Waals surface area contributed by atoms with Crippen LogP contribution in [0.2, 0.25) is 0 Å². The predicted octanol–water partition coefficient (Wildman–Crippen LogP) is -4.53.